The van der Waals surface area contributed by atoms with Crippen molar-refractivity contribution >= 4 is 17.3 Å². The second kappa shape index (κ2) is 6.26. The van der Waals surface area contributed by atoms with E-state index in [1.807, 2.05) is 20.8 Å². The third-order valence-corrected chi connectivity index (χ3v) is 3.88. The summed E-state index contributed by atoms with van der Waals surface area (Å²) in [5.41, 5.74) is -0.231. The first kappa shape index (κ1) is 15.5. The summed E-state index contributed by atoms with van der Waals surface area (Å²) >= 11 is 0. The molecule has 116 valence electrons. The van der Waals surface area contributed by atoms with Crippen molar-refractivity contribution in [2.75, 3.05) is 23.8 Å². The van der Waals surface area contributed by atoms with Gasteiger partial charge >= 0.3 is 0 Å². The molecule has 0 aromatic carbocycles. The number of nitrogens with one attached hydrogen (secondary N) is 2. The van der Waals surface area contributed by atoms with Crippen molar-refractivity contribution < 1.29 is 9.66 Å². The van der Waals surface area contributed by atoms with Crippen molar-refractivity contribution in [1.29, 1.82) is 0 Å². The maximum atomic E-state index is 11.1. The van der Waals surface area contributed by atoms with E-state index in [0.29, 0.717) is 18.2 Å². The maximum absolute atomic E-state index is 11.1. The number of aromatic nitrogens is 1. The molecule has 2 heterocycles. The largest absolute Gasteiger partial charge is 0.376 e. The van der Waals surface area contributed by atoms with Crippen molar-refractivity contribution in [2.24, 2.45) is 0 Å². The van der Waals surface area contributed by atoms with Gasteiger partial charge in [0.05, 0.1) is 28.7 Å². The number of ether oxygens (including phenoxy) is 1. The van der Waals surface area contributed by atoms with Crippen LogP contribution in [0.3, 0.4) is 0 Å². The SMILES string of the molecule is CCCNc1cc([N+](=O)[O-])cc(NC2(C)CCOC2C)n1. The molecule has 2 atom stereocenters. The standard InChI is InChI=1S/C14H22N4O3/c1-4-6-15-12-8-11(18(19)20)9-13(16-12)17-14(3)5-7-21-10(14)2/h8-10H,4-7H2,1-3H3,(H2,15,16,17). The van der Waals surface area contributed by atoms with E-state index in [0.717, 1.165) is 19.4 Å². The van der Waals surface area contributed by atoms with E-state index in [-0.39, 0.29) is 17.3 Å². The average Bonchev–Trinajstić information content (AvgIpc) is 2.75. The lowest BCUT2D eigenvalue weighted by Crippen LogP contribution is -2.41. The van der Waals surface area contributed by atoms with E-state index < -0.39 is 4.92 Å². The van der Waals surface area contributed by atoms with Crippen LogP contribution in [-0.4, -0.2) is 34.7 Å². The van der Waals surface area contributed by atoms with E-state index in [4.69, 9.17) is 4.74 Å². The molecule has 1 saturated heterocycles. The second-order valence-electron chi connectivity index (χ2n) is 5.59. The Balaban J connectivity index is 2.25. The van der Waals surface area contributed by atoms with Crippen LogP contribution in [0.5, 0.6) is 0 Å². The normalized spacial score (nSPS) is 24.8. The number of hydrogen-bond donors (Lipinski definition) is 2. The van der Waals surface area contributed by atoms with Crippen LogP contribution in [0, 0.1) is 10.1 Å². The minimum Gasteiger partial charge on any atom is -0.376 e. The Morgan fingerprint density at radius 3 is 2.81 bits per heavy atom. The third-order valence-electron chi connectivity index (χ3n) is 3.88. The van der Waals surface area contributed by atoms with E-state index in [1.165, 1.54) is 12.1 Å². The number of rotatable bonds is 6. The van der Waals surface area contributed by atoms with Gasteiger partial charge in [0.15, 0.2) is 0 Å². The molecule has 7 nitrogen and oxygen atoms in total. The van der Waals surface area contributed by atoms with Gasteiger partial charge in [0.2, 0.25) is 0 Å². The van der Waals surface area contributed by atoms with Crippen LogP contribution in [0.2, 0.25) is 0 Å². The first-order chi connectivity index (χ1) is 9.94. The molecule has 1 aliphatic heterocycles. The van der Waals surface area contributed by atoms with Crippen LogP contribution < -0.4 is 10.6 Å². The molecule has 2 rings (SSSR count). The van der Waals surface area contributed by atoms with Crippen LogP contribution in [0.4, 0.5) is 17.3 Å². The highest BCUT2D eigenvalue weighted by Crippen LogP contribution is 2.30. The molecule has 0 spiro atoms. The highest BCUT2D eigenvalue weighted by molar-refractivity contribution is 5.55. The summed E-state index contributed by atoms with van der Waals surface area (Å²) in [4.78, 5) is 15.1. The van der Waals surface area contributed by atoms with Gasteiger partial charge in [-0.3, -0.25) is 10.1 Å². The van der Waals surface area contributed by atoms with Gasteiger partial charge in [-0.25, -0.2) is 4.98 Å². The van der Waals surface area contributed by atoms with Gasteiger partial charge in [0.1, 0.15) is 11.6 Å². The topological polar surface area (TPSA) is 89.3 Å². The summed E-state index contributed by atoms with van der Waals surface area (Å²) in [6.07, 6.45) is 1.80. The number of hydrogen-bond acceptors (Lipinski definition) is 6. The molecule has 7 heteroatoms. The molecule has 1 aromatic rings. The van der Waals surface area contributed by atoms with Crippen LogP contribution in [0.1, 0.15) is 33.6 Å². The minimum absolute atomic E-state index is 0.0290. The Hall–Kier alpha value is -1.89. The van der Waals surface area contributed by atoms with Crippen LogP contribution in [-0.2, 0) is 4.74 Å². The van der Waals surface area contributed by atoms with Gasteiger partial charge in [0, 0.05) is 13.2 Å². The van der Waals surface area contributed by atoms with Gasteiger partial charge in [-0.05, 0) is 26.7 Å². The van der Waals surface area contributed by atoms with Crippen molar-refractivity contribution in [2.45, 2.75) is 45.3 Å². The number of nitrogens with zero attached hydrogens (tertiary/aromatic N) is 2. The fraction of sp³-hybridized carbons (Fsp3) is 0.643. The van der Waals surface area contributed by atoms with E-state index in [1.54, 1.807) is 0 Å². The number of pyridine rings is 1. The Labute approximate surface area is 124 Å². The highest BCUT2D eigenvalue weighted by Gasteiger charge is 2.37. The molecule has 1 fully saturated rings. The Morgan fingerprint density at radius 1 is 1.52 bits per heavy atom. The highest BCUT2D eigenvalue weighted by atomic mass is 16.6. The lowest BCUT2D eigenvalue weighted by atomic mass is 9.95. The second-order valence-corrected chi connectivity index (χ2v) is 5.59. The number of nitro groups is 1. The first-order valence-electron chi connectivity index (χ1n) is 7.25. The van der Waals surface area contributed by atoms with Gasteiger partial charge in [-0.2, -0.15) is 0 Å². The summed E-state index contributed by atoms with van der Waals surface area (Å²) in [5.74, 6) is 1.02. The van der Waals surface area contributed by atoms with Gasteiger partial charge in [-0.15, -0.1) is 0 Å². The van der Waals surface area contributed by atoms with Crippen molar-refractivity contribution in [1.82, 2.24) is 4.98 Å². The van der Waals surface area contributed by atoms with Crippen molar-refractivity contribution in [3.05, 3.63) is 22.2 Å². The Kier molecular flexibility index (Phi) is 4.62. The molecular weight excluding hydrogens is 272 g/mol. The fourth-order valence-corrected chi connectivity index (χ4v) is 2.32. The molecule has 1 aromatic heterocycles. The Bertz CT molecular complexity index is 523. The minimum atomic E-state index is -0.402. The molecule has 0 saturated carbocycles. The molecule has 2 unspecified atom stereocenters. The van der Waals surface area contributed by atoms with Gasteiger partial charge in [-0.1, -0.05) is 6.92 Å². The first-order valence-corrected chi connectivity index (χ1v) is 7.25. The molecular formula is C14H22N4O3. The average molecular weight is 294 g/mol. The Morgan fingerprint density at radius 2 is 2.24 bits per heavy atom. The summed E-state index contributed by atoms with van der Waals surface area (Å²) in [5, 5.41) is 17.4. The van der Waals surface area contributed by atoms with Crippen LogP contribution >= 0.6 is 0 Å². The molecule has 2 N–H and O–H groups in total. The van der Waals surface area contributed by atoms with Crippen molar-refractivity contribution in [3.8, 4) is 0 Å². The zero-order valence-electron chi connectivity index (χ0n) is 12.7. The van der Waals surface area contributed by atoms with Crippen LogP contribution in [0.15, 0.2) is 12.1 Å². The zero-order valence-corrected chi connectivity index (χ0v) is 12.7. The van der Waals surface area contributed by atoms with E-state index in [2.05, 4.69) is 15.6 Å². The van der Waals surface area contributed by atoms with E-state index in [9.17, 15) is 10.1 Å². The monoisotopic (exact) mass is 294 g/mol. The lowest BCUT2D eigenvalue weighted by Gasteiger charge is -2.29. The summed E-state index contributed by atoms with van der Waals surface area (Å²) in [6, 6.07) is 2.92. The lowest BCUT2D eigenvalue weighted by molar-refractivity contribution is -0.384. The van der Waals surface area contributed by atoms with Gasteiger partial charge in [0.25, 0.3) is 5.69 Å². The maximum Gasteiger partial charge on any atom is 0.276 e. The zero-order chi connectivity index (χ0) is 15.5. The third kappa shape index (κ3) is 3.60. The molecule has 0 radical (unpaired) electrons. The van der Waals surface area contributed by atoms with Crippen LogP contribution in [0.25, 0.3) is 0 Å². The molecule has 1 aliphatic rings. The predicted octanol–water partition coefficient (Wildman–Crippen LogP) is 2.79. The quantitative estimate of drug-likeness (QED) is 0.619. The summed E-state index contributed by atoms with van der Waals surface area (Å²) in [6.45, 7) is 7.48. The van der Waals surface area contributed by atoms with Crippen molar-refractivity contribution in [3.63, 3.8) is 0 Å². The summed E-state index contributed by atoms with van der Waals surface area (Å²) in [7, 11) is 0. The molecule has 21 heavy (non-hydrogen) atoms. The summed E-state index contributed by atoms with van der Waals surface area (Å²) < 4.78 is 5.57. The molecule has 0 amide bonds. The van der Waals surface area contributed by atoms with Gasteiger partial charge < -0.3 is 15.4 Å². The molecule has 0 bridgehead atoms. The molecule has 0 aliphatic carbocycles. The predicted molar refractivity (Wildman–Crippen MR) is 81.7 cm³/mol. The smallest absolute Gasteiger partial charge is 0.276 e. The van der Waals surface area contributed by atoms with E-state index >= 15 is 0 Å². The number of anilines is 2. The fourth-order valence-electron chi connectivity index (χ4n) is 2.32.